The van der Waals surface area contributed by atoms with E-state index in [1.54, 1.807) is 19.3 Å². The largest absolute Gasteiger partial charge is 0.497 e. The van der Waals surface area contributed by atoms with Crippen molar-refractivity contribution in [2.24, 2.45) is 0 Å². The molecule has 110 valence electrons. The van der Waals surface area contributed by atoms with Gasteiger partial charge < -0.3 is 15.4 Å². The van der Waals surface area contributed by atoms with Crippen LogP contribution in [0.1, 0.15) is 12.0 Å². The molecule has 1 aromatic rings. The van der Waals surface area contributed by atoms with Crippen LogP contribution in [-0.4, -0.2) is 32.0 Å². The molecular weight excluding hydrogens is 270 g/mol. The second-order valence-corrected chi connectivity index (χ2v) is 4.08. The van der Waals surface area contributed by atoms with Crippen molar-refractivity contribution in [2.75, 3.05) is 20.2 Å². The number of methoxy groups -OCH3 is 1. The SMILES string of the molecule is COc1ccc(/C=C/C(=O)NCCNC(=O)CC#N)cc1. The van der Waals surface area contributed by atoms with Gasteiger partial charge in [0.1, 0.15) is 12.2 Å². The molecule has 0 radical (unpaired) electrons. The van der Waals surface area contributed by atoms with E-state index in [4.69, 9.17) is 10.00 Å². The maximum absolute atomic E-state index is 11.5. The van der Waals surface area contributed by atoms with E-state index in [-0.39, 0.29) is 18.2 Å². The van der Waals surface area contributed by atoms with Crippen LogP contribution in [0.5, 0.6) is 5.75 Å². The Morgan fingerprint density at radius 2 is 1.90 bits per heavy atom. The number of nitriles is 1. The minimum Gasteiger partial charge on any atom is -0.497 e. The molecule has 0 aliphatic heterocycles. The fraction of sp³-hybridized carbons (Fsp3) is 0.267. The zero-order chi connectivity index (χ0) is 15.5. The molecule has 0 saturated carbocycles. The van der Waals surface area contributed by atoms with Crippen molar-refractivity contribution in [2.45, 2.75) is 6.42 Å². The fourth-order valence-electron chi connectivity index (χ4n) is 1.47. The number of nitrogens with one attached hydrogen (secondary N) is 2. The minimum absolute atomic E-state index is 0.175. The number of ether oxygens (including phenoxy) is 1. The highest BCUT2D eigenvalue weighted by Gasteiger charge is 1.99. The molecule has 0 spiro atoms. The molecule has 2 amide bonds. The Hall–Kier alpha value is -2.81. The number of hydrogen-bond donors (Lipinski definition) is 2. The van der Waals surface area contributed by atoms with Crippen LogP contribution in [0.15, 0.2) is 30.3 Å². The van der Waals surface area contributed by atoms with Gasteiger partial charge in [0.2, 0.25) is 11.8 Å². The van der Waals surface area contributed by atoms with Gasteiger partial charge >= 0.3 is 0 Å². The second kappa shape index (κ2) is 9.15. The Balaban J connectivity index is 2.28. The topological polar surface area (TPSA) is 91.2 Å². The van der Waals surface area contributed by atoms with E-state index in [2.05, 4.69) is 10.6 Å². The number of carbonyl (C=O) groups excluding carboxylic acids is 2. The molecule has 0 fully saturated rings. The Morgan fingerprint density at radius 3 is 2.52 bits per heavy atom. The highest BCUT2D eigenvalue weighted by Crippen LogP contribution is 2.11. The quantitative estimate of drug-likeness (QED) is 0.574. The van der Waals surface area contributed by atoms with Crippen LogP contribution in [0, 0.1) is 11.3 Å². The Bertz CT molecular complexity index is 544. The van der Waals surface area contributed by atoms with Crippen LogP contribution in [0.2, 0.25) is 0 Å². The first-order valence-corrected chi connectivity index (χ1v) is 6.39. The molecule has 2 N–H and O–H groups in total. The lowest BCUT2D eigenvalue weighted by molar-refractivity contribution is -0.120. The summed E-state index contributed by atoms with van der Waals surface area (Å²) in [6, 6.07) is 9.04. The molecular formula is C15H17N3O3. The first-order valence-electron chi connectivity index (χ1n) is 6.39. The number of rotatable bonds is 7. The van der Waals surface area contributed by atoms with Crippen LogP contribution in [-0.2, 0) is 9.59 Å². The van der Waals surface area contributed by atoms with Crippen molar-refractivity contribution in [3.63, 3.8) is 0 Å². The molecule has 6 heteroatoms. The van der Waals surface area contributed by atoms with Crippen molar-refractivity contribution in [3.05, 3.63) is 35.9 Å². The number of nitrogens with zero attached hydrogens (tertiary/aromatic N) is 1. The standard InChI is InChI=1S/C15H17N3O3/c1-21-13-5-2-12(3-6-13)4-7-14(19)17-10-11-18-15(20)8-9-16/h2-7H,8,10-11H2,1H3,(H,17,19)(H,18,20)/b7-4+. The van der Waals surface area contributed by atoms with Crippen LogP contribution in [0.3, 0.4) is 0 Å². The summed E-state index contributed by atoms with van der Waals surface area (Å²) in [7, 11) is 1.59. The normalized spacial score (nSPS) is 9.90. The maximum Gasteiger partial charge on any atom is 0.244 e. The summed E-state index contributed by atoms with van der Waals surface area (Å²) in [4.78, 5) is 22.5. The molecule has 0 aromatic heterocycles. The summed E-state index contributed by atoms with van der Waals surface area (Å²) in [5, 5.41) is 13.4. The number of carbonyl (C=O) groups is 2. The second-order valence-electron chi connectivity index (χ2n) is 4.08. The summed E-state index contributed by atoms with van der Waals surface area (Å²) in [6.45, 7) is 0.603. The first kappa shape index (κ1) is 16.2. The van der Waals surface area contributed by atoms with Crippen LogP contribution in [0.4, 0.5) is 0 Å². The van der Waals surface area contributed by atoms with Gasteiger partial charge in [0.25, 0.3) is 0 Å². The lowest BCUT2D eigenvalue weighted by Crippen LogP contribution is -2.33. The first-order chi connectivity index (χ1) is 10.2. The van der Waals surface area contributed by atoms with E-state index in [0.29, 0.717) is 13.1 Å². The molecule has 0 unspecified atom stereocenters. The Labute approximate surface area is 123 Å². The zero-order valence-electron chi connectivity index (χ0n) is 11.8. The van der Waals surface area contributed by atoms with E-state index >= 15 is 0 Å². The Kier molecular flexibility index (Phi) is 7.08. The van der Waals surface area contributed by atoms with Crippen molar-refractivity contribution >= 4 is 17.9 Å². The molecule has 0 bridgehead atoms. The van der Waals surface area contributed by atoms with E-state index in [1.807, 2.05) is 24.3 Å². The molecule has 0 heterocycles. The highest BCUT2D eigenvalue weighted by molar-refractivity contribution is 5.91. The summed E-state index contributed by atoms with van der Waals surface area (Å²) in [6.07, 6.45) is 2.92. The number of benzene rings is 1. The molecule has 21 heavy (non-hydrogen) atoms. The molecule has 0 atom stereocenters. The smallest absolute Gasteiger partial charge is 0.244 e. The molecule has 1 aromatic carbocycles. The predicted octanol–water partition coefficient (Wildman–Crippen LogP) is 0.854. The summed E-state index contributed by atoms with van der Waals surface area (Å²) in [5.74, 6) is 0.158. The third kappa shape index (κ3) is 6.78. The predicted molar refractivity (Wildman–Crippen MR) is 78.3 cm³/mol. The van der Waals surface area contributed by atoms with Gasteiger partial charge in [-0.2, -0.15) is 5.26 Å². The van der Waals surface area contributed by atoms with E-state index in [9.17, 15) is 9.59 Å². The van der Waals surface area contributed by atoms with Crippen molar-refractivity contribution in [3.8, 4) is 11.8 Å². The van der Waals surface area contributed by atoms with E-state index in [0.717, 1.165) is 11.3 Å². The zero-order valence-corrected chi connectivity index (χ0v) is 11.8. The Morgan fingerprint density at radius 1 is 1.24 bits per heavy atom. The van der Waals surface area contributed by atoms with E-state index in [1.165, 1.54) is 6.08 Å². The average Bonchev–Trinajstić information content (AvgIpc) is 2.50. The number of amides is 2. The van der Waals surface area contributed by atoms with Crippen molar-refractivity contribution in [1.82, 2.24) is 10.6 Å². The van der Waals surface area contributed by atoms with Crippen molar-refractivity contribution < 1.29 is 14.3 Å². The van der Waals surface area contributed by atoms with Crippen molar-refractivity contribution in [1.29, 1.82) is 5.26 Å². The third-order valence-electron chi connectivity index (χ3n) is 2.53. The third-order valence-corrected chi connectivity index (χ3v) is 2.53. The van der Waals surface area contributed by atoms with Gasteiger partial charge in [-0.3, -0.25) is 9.59 Å². The molecule has 1 rings (SSSR count). The minimum atomic E-state index is -0.347. The van der Waals surface area contributed by atoms with Gasteiger partial charge in [0.15, 0.2) is 0 Å². The van der Waals surface area contributed by atoms with Gasteiger partial charge in [-0.15, -0.1) is 0 Å². The molecule has 0 saturated heterocycles. The lowest BCUT2D eigenvalue weighted by Gasteiger charge is -2.03. The lowest BCUT2D eigenvalue weighted by atomic mass is 10.2. The highest BCUT2D eigenvalue weighted by atomic mass is 16.5. The van der Waals surface area contributed by atoms with Gasteiger partial charge in [0.05, 0.1) is 13.2 Å². The summed E-state index contributed by atoms with van der Waals surface area (Å²) in [5.41, 5.74) is 0.883. The maximum atomic E-state index is 11.5. The average molecular weight is 287 g/mol. The van der Waals surface area contributed by atoms with Crippen LogP contribution in [0.25, 0.3) is 6.08 Å². The molecule has 6 nitrogen and oxygen atoms in total. The van der Waals surface area contributed by atoms with Crippen LogP contribution >= 0.6 is 0 Å². The van der Waals surface area contributed by atoms with Gasteiger partial charge in [-0.25, -0.2) is 0 Å². The van der Waals surface area contributed by atoms with Gasteiger partial charge in [0, 0.05) is 19.2 Å². The number of hydrogen-bond acceptors (Lipinski definition) is 4. The van der Waals surface area contributed by atoms with E-state index < -0.39 is 0 Å². The summed E-state index contributed by atoms with van der Waals surface area (Å²) >= 11 is 0. The molecule has 0 aliphatic carbocycles. The summed E-state index contributed by atoms with van der Waals surface area (Å²) < 4.78 is 5.04. The van der Waals surface area contributed by atoms with Crippen LogP contribution < -0.4 is 15.4 Å². The molecule has 0 aliphatic rings. The van der Waals surface area contributed by atoms with Gasteiger partial charge in [-0.05, 0) is 23.8 Å². The fourth-order valence-corrected chi connectivity index (χ4v) is 1.47. The van der Waals surface area contributed by atoms with Gasteiger partial charge in [-0.1, -0.05) is 12.1 Å². The monoisotopic (exact) mass is 287 g/mol.